The van der Waals surface area contributed by atoms with Gasteiger partial charge in [0.25, 0.3) is 0 Å². The number of halogens is 1. The van der Waals surface area contributed by atoms with E-state index in [9.17, 15) is 9.59 Å². The Morgan fingerprint density at radius 2 is 1.92 bits per heavy atom. The van der Waals surface area contributed by atoms with E-state index in [1.165, 1.54) is 23.1 Å². The van der Waals surface area contributed by atoms with Crippen molar-refractivity contribution in [1.82, 2.24) is 24.6 Å². The molecule has 4 N–H and O–H groups in total. The van der Waals surface area contributed by atoms with Crippen LogP contribution in [0, 0.1) is 12.7 Å². The molecule has 1 fully saturated rings. The normalized spacial score (nSPS) is 13.6. The van der Waals surface area contributed by atoms with Gasteiger partial charge in [-0.2, -0.15) is 5.10 Å². The van der Waals surface area contributed by atoms with Crippen molar-refractivity contribution in [2.75, 3.05) is 36.9 Å². The minimum absolute atomic E-state index is 0.0164. The molecule has 0 spiro atoms. The van der Waals surface area contributed by atoms with Gasteiger partial charge in [-0.3, -0.25) is 9.69 Å². The van der Waals surface area contributed by atoms with Gasteiger partial charge >= 0.3 is 6.03 Å². The van der Waals surface area contributed by atoms with Crippen molar-refractivity contribution in [1.29, 1.82) is 0 Å². The highest BCUT2D eigenvalue weighted by atomic mass is 19.1. The van der Waals surface area contributed by atoms with Gasteiger partial charge in [-0.05, 0) is 36.8 Å². The van der Waals surface area contributed by atoms with Gasteiger partial charge in [0.1, 0.15) is 30.2 Å². The number of aryl methyl sites for hydroxylation is 1. The molecular weight excluding hydrogens is 479 g/mol. The number of rotatable bonds is 5. The molecular formula is C25H25FN8O3. The van der Waals surface area contributed by atoms with Gasteiger partial charge in [-0.1, -0.05) is 18.2 Å². The van der Waals surface area contributed by atoms with Crippen molar-refractivity contribution >= 4 is 40.2 Å². The number of amides is 3. The number of anilines is 3. The van der Waals surface area contributed by atoms with E-state index in [4.69, 9.17) is 16.2 Å². The zero-order valence-corrected chi connectivity index (χ0v) is 20.1. The summed E-state index contributed by atoms with van der Waals surface area (Å²) in [5, 5.41) is 4.96. The molecule has 2 aromatic carbocycles. The zero-order chi connectivity index (χ0) is 26.1. The number of carbonyl (C=O) groups is 2. The molecule has 0 saturated carbocycles. The van der Waals surface area contributed by atoms with E-state index in [1.54, 1.807) is 29.2 Å². The summed E-state index contributed by atoms with van der Waals surface area (Å²) in [6, 6.07) is 10.5. The Hall–Kier alpha value is -4.58. The van der Waals surface area contributed by atoms with Crippen LogP contribution < -0.4 is 16.4 Å². The number of hydrogen-bond donors (Lipinski definition) is 2. The average Bonchev–Trinajstić information content (AvgIpc) is 3.25. The number of ether oxygens (including phenoxy) is 1. The molecule has 3 heterocycles. The number of morpholine rings is 1. The molecule has 3 amide bonds. The second-order valence-corrected chi connectivity index (χ2v) is 8.64. The van der Waals surface area contributed by atoms with E-state index in [-0.39, 0.29) is 24.0 Å². The average molecular weight is 505 g/mol. The van der Waals surface area contributed by atoms with Crippen LogP contribution in [-0.4, -0.2) is 62.9 Å². The molecule has 0 unspecified atom stereocenters. The minimum atomic E-state index is -0.828. The van der Waals surface area contributed by atoms with Crippen LogP contribution in [0.1, 0.15) is 5.56 Å². The molecule has 1 aliphatic rings. The van der Waals surface area contributed by atoms with Gasteiger partial charge in [0.05, 0.1) is 30.0 Å². The number of fused-ring (bicyclic) bond motifs is 1. The molecule has 1 aliphatic heterocycles. The largest absolute Gasteiger partial charge is 0.383 e. The van der Waals surface area contributed by atoms with Gasteiger partial charge in [-0.25, -0.2) is 23.8 Å². The molecule has 0 atom stereocenters. The second kappa shape index (κ2) is 9.82. The molecule has 11 nitrogen and oxygen atoms in total. The van der Waals surface area contributed by atoms with Crippen LogP contribution in [-0.2, 0) is 16.1 Å². The van der Waals surface area contributed by atoms with Crippen molar-refractivity contribution in [3.8, 4) is 11.3 Å². The number of aromatic nitrogens is 4. The number of urea groups is 1. The Labute approximate surface area is 211 Å². The lowest BCUT2D eigenvalue weighted by Gasteiger charge is -2.26. The lowest BCUT2D eigenvalue weighted by Crippen LogP contribution is -2.42. The van der Waals surface area contributed by atoms with Crippen molar-refractivity contribution in [2.45, 2.75) is 13.5 Å². The summed E-state index contributed by atoms with van der Waals surface area (Å²) in [6.45, 7) is 3.72. The first-order chi connectivity index (χ1) is 17.8. The first-order valence-electron chi connectivity index (χ1n) is 11.6. The Morgan fingerprint density at radius 1 is 1.14 bits per heavy atom. The number of nitrogens with two attached hydrogens (primary N) is 2. The van der Waals surface area contributed by atoms with Crippen LogP contribution in [0.3, 0.4) is 0 Å². The zero-order valence-electron chi connectivity index (χ0n) is 20.1. The van der Waals surface area contributed by atoms with Crippen molar-refractivity contribution < 1.29 is 18.7 Å². The van der Waals surface area contributed by atoms with Crippen LogP contribution in [0.15, 0.2) is 48.8 Å². The Bertz CT molecular complexity index is 1500. The third-order valence-electron chi connectivity index (χ3n) is 6.15. The minimum Gasteiger partial charge on any atom is -0.383 e. The maximum absolute atomic E-state index is 15.5. The first-order valence-corrected chi connectivity index (χ1v) is 11.6. The summed E-state index contributed by atoms with van der Waals surface area (Å²) in [4.78, 5) is 36.2. The van der Waals surface area contributed by atoms with Crippen LogP contribution in [0.25, 0.3) is 22.3 Å². The first kappa shape index (κ1) is 24.1. The lowest BCUT2D eigenvalue weighted by molar-refractivity contribution is -0.136. The molecule has 1 saturated heterocycles. The van der Waals surface area contributed by atoms with Gasteiger partial charge in [0, 0.05) is 18.7 Å². The number of hydrogen-bond acceptors (Lipinski definition) is 7. The molecule has 5 rings (SSSR count). The van der Waals surface area contributed by atoms with Crippen molar-refractivity contribution in [3.63, 3.8) is 0 Å². The fourth-order valence-electron chi connectivity index (χ4n) is 4.37. The SMILES string of the molecule is Cc1cccc(N(C(N)=O)c2ccc(-c3nn(CC(=O)N4CCOCC4)c4ncnc(N)c34)cc2F)c1. The highest BCUT2D eigenvalue weighted by Crippen LogP contribution is 2.34. The summed E-state index contributed by atoms with van der Waals surface area (Å²) in [5.41, 5.74) is 14.1. The monoisotopic (exact) mass is 504 g/mol. The van der Waals surface area contributed by atoms with Crippen LogP contribution in [0.2, 0.25) is 0 Å². The summed E-state index contributed by atoms with van der Waals surface area (Å²) in [6.07, 6.45) is 1.29. The molecule has 0 bridgehead atoms. The molecule has 4 aromatic rings. The molecule has 0 radical (unpaired) electrons. The van der Waals surface area contributed by atoms with Crippen LogP contribution in [0.5, 0.6) is 0 Å². The summed E-state index contributed by atoms with van der Waals surface area (Å²) >= 11 is 0. The van der Waals surface area contributed by atoms with Gasteiger partial charge < -0.3 is 21.1 Å². The summed E-state index contributed by atoms with van der Waals surface area (Å²) < 4.78 is 22.2. The highest BCUT2D eigenvalue weighted by molar-refractivity contribution is 6.01. The predicted octanol–water partition coefficient (Wildman–Crippen LogP) is 2.60. The van der Waals surface area contributed by atoms with E-state index in [0.29, 0.717) is 54.3 Å². The Balaban J connectivity index is 1.54. The number of carbonyl (C=O) groups excluding carboxylic acids is 2. The van der Waals surface area contributed by atoms with Crippen molar-refractivity contribution in [2.24, 2.45) is 5.73 Å². The van der Waals surface area contributed by atoms with Gasteiger partial charge in [-0.15, -0.1) is 0 Å². The second-order valence-electron chi connectivity index (χ2n) is 8.64. The molecule has 0 aliphatic carbocycles. The van der Waals surface area contributed by atoms with E-state index in [1.807, 2.05) is 13.0 Å². The number of nitrogens with zero attached hydrogens (tertiary/aromatic N) is 6. The topological polar surface area (TPSA) is 145 Å². The van der Waals surface area contributed by atoms with Crippen LogP contribution in [0.4, 0.5) is 26.4 Å². The van der Waals surface area contributed by atoms with E-state index >= 15 is 4.39 Å². The fourth-order valence-corrected chi connectivity index (χ4v) is 4.37. The molecule has 37 heavy (non-hydrogen) atoms. The molecule has 190 valence electrons. The predicted molar refractivity (Wildman–Crippen MR) is 135 cm³/mol. The Kier molecular flexibility index (Phi) is 6.40. The fraction of sp³-hybridized carbons (Fsp3) is 0.240. The maximum Gasteiger partial charge on any atom is 0.323 e. The maximum atomic E-state index is 15.5. The Morgan fingerprint density at radius 3 is 2.62 bits per heavy atom. The quantitative estimate of drug-likeness (QED) is 0.425. The number of benzene rings is 2. The summed E-state index contributed by atoms with van der Waals surface area (Å²) in [5.74, 6) is -0.693. The number of primary amides is 1. The molecule has 2 aromatic heterocycles. The van der Waals surface area contributed by atoms with E-state index in [2.05, 4.69) is 15.1 Å². The molecule has 12 heteroatoms. The van der Waals surface area contributed by atoms with E-state index < -0.39 is 11.8 Å². The van der Waals surface area contributed by atoms with E-state index in [0.717, 1.165) is 10.5 Å². The number of nitrogen functional groups attached to an aromatic ring is 1. The third-order valence-corrected chi connectivity index (χ3v) is 6.15. The lowest BCUT2D eigenvalue weighted by atomic mass is 10.1. The van der Waals surface area contributed by atoms with Crippen LogP contribution >= 0.6 is 0 Å². The van der Waals surface area contributed by atoms with Gasteiger partial charge in [0.2, 0.25) is 5.91 Å². The third kappa shape index (κ3) is 4.66. The standard InChI is InChI=1S/C25H25FN8O3/c1-15-3-2-4-17(11-15)34(25(28)36)19-6-5-16(12-18(19)26)22-21-23(27)29-14-30-24(21)33(31-22)13-20(35)32-7-9-37-10-8-32/h2-6,11-12,14H,7-10,13H2,1H3,(H2,28,36)(H2,27,29,30). The smallest absolute Gasteiger partial charge is 0.323 e. The highest BCUT2D eigenvalue weighted by Gasteiger charge is 2.24. The van der Waals surface area contributed by atoms with Crippen molar-refractivity contribution in [3.05, 3.63) is 60.2 Å². The van der Waals surface area contributed by atoms with Gasteiger partial charge in [0.15, 0.2) is 5.65 Å². The summed E-state index contributed by atoms with van der Waals surface area (Å²) in [7, 11) is 0.